The Morgan fingerprint density at radius 2 is 1.58 bits per heavy atom. The highest BCUT2D eigenvalue weighted by Gasteiger charge is 2.20. The number of aryl methyl sites for hydroxylation is 1. The number of aromatic nitrogens is 2. The van der Waals surface area contributed by atoms with Gasteiger partial charge in [-0.2, -0.15) is 0 Å². The summed E-state index contributed by atoms with van der Waals surface area (Å²) in [5.74, 6) is -0.667. The number of carbonyl (C=O) groups is 2. The molecule has 33 heavy (non-hydrogen) atoms. The summed E-state index contributed by atoms with van der Waals surface area (Å²) in [4.78, 5) is 40.1. The second kappa shape index (κ2) is 10.5. The number of nitrogens with one attached hydrogen (secondary N) is 2. The van der Waals surface area contributed by atoms with Crippen molar-refractivity contribution in [1.82, 2.24) is 14.9 Å². The van der Waals surface area contributed by atoms with Gasteiger partial charge in [0.1, 0.15) is 0 Å². The fourth-order valence-electron chi connectivity index (χ4n) is 3.73. The minimum Gasteiger partial charge on any atom is -0.466 e. The van der Waals surface area contributed by atoms with Gasteiger partial charge < -0.3 is 15.0 Å². The van der Waals surface area contributed by atoms with Gasteiger partial charge in [0.2, 0.25) is 0 Å². The quantitative estimate of drug-likeness (QED) is 0.304. The third-order valence-corrected chi connectivity index (χ3v) is 5.38. The van der Waals surface area contributed by atoms with E-state index in [4.69, 9.17) is 4.74 Å². The summed E-state index contributed by atoms with van der Waals surface area (Å²) in [5, 5.41) is 2.93. The summed E-state index contributed by atoms with van der Waals surface area (Å²) in [6.45, 7) is 0.613. The van der Waals surface area contributed by atoms with Gasteiger partial charge >= 0.3 is 11.7 Å². The third kappa shape index (κ3) is 5.57. The first kappa shape index (κ1) is 22.1. The SMILES string of the molecule is O=C(CC(NC(=O)c1ccccc1)c1ccccc1)OCCCn1c(=O)[nH]c2ccccc21. The summed E-state index contributed by atoms with van der Waals surface area (Å²) in [6.07, 6.45) is 0.509. The number of aromatic amines is 1. The van der Waals surface area contributed by atoms with Crippen molar-refractivity contribution in [2.24, 2.45) is 0 Å². The van der Waals surface area contributed by atoms with Crippen LogP contribution in [-0.4, -0.2) is 28.0 Å². The van der Waals surface area contributed by atoms with Gasteiger partial charge in [0.05, 0.1) is 30.1 Å². The number of H-pyrrole nitrogens is 1. The number of hydrogen-bond donors (Lipinski definition) is 2. The van der Waals surface area contributed by atoms with Gasteiger partial charge in [-0.3, -0.25) is 14.2 Å². The molecule has 0 radical (unpaired) electrons. The maximum atomic E-state index is 12.6. The molecule has 4 rings (SSSR count). The van der Waals surface area contributed by atoms with Gasteiger partial charge in [0.15, 0.2) is 0 Å². The Morgan fingerprint density at radius 3 is 2.33 bits per heavy atom. The molecule has 3 aromatic carbocycles. The summed E-state index contributed by atoms with van der Waals surface area (Å²) in [5.41, 5.74) is 2.76. The smallest absolute Gasteiger partial charge is 0.326 e. The number of nitrogens with zero attached hydrogens (tertiary/aromatic N) is 1. The average Bonchev–Trinajstić information content (AvgIpc) is 3.17. The number of carbonyl (C=O) groups excluding carboxylic acids is 2. The van der Waals surface area contributed by atoms with Crippen molar-refractivity contribution in [3.05, 3.63) is 107 Å². The standard InChI is InChI=1S/C26H25N3O4/c30-24(33-17-9-16-29-23-15-8-7-14-21(23)28-26(29)32)18-22(19-10-3-1-4-11-19)27-25(31)20-12-5-2-6-13-20/h1-8,10-15,22H,9,16-18H2,(H,27,31)(H,28,32). The molecule has 0 bridgehead atoms. The van der Waals surface area contributed by atoms with Crippen LogP contribution >= 0.6 is 0 Å². The first-order chi connectivity index (χ1) is 16.1. The summed E-state index contributed by atoms with van der Waals surface area (Å²) in [6, 6.07) is 25.2. The third-order valence-electron chi connectivity index (χ3n) is 5.38. The van der Waals surface area contributed by atoms with Gasteiger partial charge in [-0.15, -0.1) is 0 Å². The van der Waals surface area contributed by atoms with Gasteiger partial charge in [0.25, 0.3) is 5.91 Å². The number of rotatable bonds is 9. The van der Waals surface area contributed by atoms with E-state index in [2.05, 4.69) is 10.3 Å². The van der Waals surface area contributed by atoms with Crippen molar-refractivity contribution in [3.8, 4) is 0 Å². The Morgan fingerprint density at radius 1 is 0.909 bits per heavy atom. The number of hydrogen-bond acceptors (Lipinski definition) is 4. The lowest BCUT2D eigenvalue weighted by molar-refractivity contribution is -0.144. The molecule has 1 unspecified atom stereocenters. The maximum absolute atomic E-state index is 12.6. The Hall–Kier alpha value is -4.13. The van der Waals surface area contributed by atoms with Crippen molar-refractivity contribution in [2.75, 3.05) is 6.61 Å². The molecule has 7 heteroatoms. The van der Waals surface area contributed by atoms with E-state index in [1.54, 1.807) is 28.8 Å². The number of imidazole rings is 1. The number of fused-ring (bicyclic) bond motifs is 1. The lowest BCUT2D eigenvalue weighted by Crippen LogP contribution is -2.30. The van der Waals surface area contributed by atoms with Crippen molar-refractivity contribution >= 4 is 22.9 Å². The molecule has 0 saturated heterocycles. The van der Waals surface area contributed by atoms with Crippen LogP contribution in [0.1, 0.15) is 34.8 Å². The van der Waals surface area contributed by atoms with E-state index >= 15 is 0 Å². The molecule has 0 saturated carbocycles. The molecule has 1 atom stereocenters. The summed E-state index contributed by atoms with van der Waals surface area (Å²) < 4.78 is 7.05. The largest absolute Gasteiger partial charge is 0.466 e. The van der Waals surface area contributed by atoms with Gasteiger partial charge in [0, 0.05) is 12.1 Å². The molecular weight excluding hydrogens is 418 g/mol. The zero-order valence-corrected chi connectivity index (χ0v) is 18.1. The number of benzene rings is 3. The number of esters is 1. The minimum absolute atomic E-state index is 0.00954. The maximum Gasteiger partial charge on any atom is 0.326 e. The van der Waals surface area contributed by atoms with Crippen molar-refractivity contribution in [2.45, 2.75) is 25.4 Å². The lowest BCUT2D eigenvalue weighted by atomic mass is 10.0. The summed E-state index contributed by atoms with van der Waals surface area (Å²) >= 11 is 0. The van der Waals surface area contributed by atoms with Crippen LogP contribution in [-0.2, 0) is 16.1 Å². The molecule has 0 aliphatic carbocycles. The fraction of sp³-hybridized carbons (Fsp3) is 0.192. The number of amides is 1. The van der Waals surface area contributed by atoms with Crippen molar-refractivity contribution < 1.29 is 14.3 Å². The van der Waals surface area contributed by atoms with E-state index in [1.165, 1.54) is 0 Å². The van der Waals surface area contributed by atoms with Gasteiger partial charge in [-0.1, -0.05) is 60.7 Å². The molecule has 1 heterocycles. The van der Waals surface area contributed by atoms with Crippen LogP contribution in [0.3, 0.4) is 0 Å². The highest BCUT2D eigenvalue weighted by atomic mass is 16.5. The highest BCUT2D eigenvalue weighted by Crippen LogP contribution is 2.18. The Kier molecular flexibility index (Phi) is 6.99. The van der Waals surface area contributed by atoms with Crippen LogP contribution in [0.25, 0.3) is 11.0 Å². The topological polar surface area (TPSA) is 93.2 Å². The molecule has 0 spiro atoms. The second-order valence-electron chi connectivity index (χ2n) is 7.68. The van der Waals surface area contributed by atoms with Crippen LogP contribution in [0, 0.1) is 0 Å². The van der Waals surface area contributed by atoms with Crippen LogP contribution in [0.4, 0.5) is 0 Å². The summed E-state index contributed by atoms with van der Waals surface area (Å²) in [7, 11) is 0. The van der Waals surface area contributed by atoms with Crippen molar-refractivity contribution in [1.29, 1.82) is 0 Å². The Bertz CT molecular complexity index is 1280. The van der Waals surface area contributed by atoms with E-state index in [1.807, 2.05) is 60.7 Å². The van der Waals surface area contributed by atoms with Crippen LogP contribution < -0.4 is 11.0 Å². The zero-order chi connectivity index (χ0) is 23.0. The zero-order valence-electron chi connectivity index (χ0n) is 18.1. The molecular formula is C26H25N3O4. The molecule has 168 valence electrons. The minimum atomic E-state index is -0.511. The molecule has 0 aliphatic heterocycles. The normalized spacial score (nSPS) is 11.8. The van der Waals surface area contributed by atoms with Gasteiger partial charge in [-0.25, -0.2) is 4.79 Å². The highest BCUT2D eigenvalue weighted by molar-refractivity contribution is 5.94. The van der Waals surface area contributed by atoms with Crippen LogP contribution in [0.5, 0.6) is 0 Å². The average molecular weight is 444 g/mol. The first-order valence-electron chi connectivity index (χ1n) is 10.9. The van der Waals surface area contributed by atoms with Crippen molar-refractivity contribution in [3.63, 3.8) is 0 Å². The molecule has 1 aromatic heterocycles. The predicted octanol–water partition coefficient (Wildman–Crippen LogP) is 3.82. The van der Waals surface area contributed by atoms with E-state index in [0.717, 1.165) is 16.6 Å². The monoisotopic (exact) mass is 443 g/mol. The fourth-order valence-corrected chi connectivity index (χ4v) is 3.73. The molecule has 7 nitrogen and oxygen atoms in total. The molecule has 4 aromatic rings. The first-order valence-corrected chi connectivity index (χ1v) is 10.9. The molecule has 0 fully saturated rings. The molecule has 0 aliphatic rings. The lowest BCUT2D eigenvalue weighted by Gasteiger charge is -2.19. The molecule has 1 amide bonds. The Balaban J connectivity index is 1.34. The van der Waals surface area contributed by atoms with Crippen LogP contribution in [0.15, 0.2) is 89.7 Å². The second-order valence-corrected chi connectivity index (χ2v) is 7.68. The Labute approximate surface area is 191 Å². The van der Waals surface area contributed by atoms with Gasteiger partial charge in [-0.05, 0) is 36.2 Å². The number of ether oxygens (including phenoxy) is 1. The number of para-hydroxylation sites is 2. The predicted molar refractivity (Wildman–Crippen MR) is 126 cm³/mol. The van der Waals surface area contributed by atoms with E-state index in [0.29, 0.717) is 18.5 Å². The van der Waals surface area contributed by atoms with E-state index in [-0.39, 0.29) is 24.6 Å². The van der Waals surface area contributed by atoms with Crippen LogP contribution in [0.2, 0.25) is 0 Å². The van der Waals surface area contributed by atoms with E-state index in [9.17, 15) is 14.4 Å². The molecule has 2 N–H and O–H groups in total. The van der Waals surface area contributed by atoms with E-state index < -0.39 is 12.0 Å².